The van der Waals surface area contributed by atoms with E-state index in [0.29, 0.717) is 33.9 Å². The number of hydrogen-bond donors (Lipinski definition) is 1. The summed E-state index contributed by atoms with van der Waals surface area (Å²) in [5.74, 6) is 0.809. The number of rotatable bonds is 4. The lowest BCUT2D eigenvalue weighted by Gasteiger charge is -2.05. The molecule has 0 amide bonds. The van der Waals surface area contributed by atoms with Gasteiger partial charge in [-0.25, -0.2) is 4.39 Å². The van der Waals surface area contributed by atoms with Gasteiger partial charge in [0.2, 0.25) is 17.7 Å². The second-order valence-corrected chi connectivity index (χ2v) is 6.39. The number of nitrogens with two attached hydrogens (primary N) is 1. The van der Waals surface area contributed by atoms with Gasteiger partial charge < -0.3 is 10.3 Å². The summed E-state index contributed by atoms with van der Waals surface area (Å²) in [5, 5.41) is 12.2. The molecule has 0 unspecified atom stereocenters. The van der Waals surface area contributed by atoms with E-state index in [2.05, 4.69) is 20.3 Å². The number of benzene rings is 1. The summed E-state index contributed by atoms with van der Waals surface area (Å²) in [4.78, 5) is 4.33. The summed E-state index contributed by atoms with van der Waals surface area (Å²) in [5.41, 5.74) is 6.79. The normalized spacial score (nSPS) is 12.5. The van der Waals surface area contributed by atoms with Crippen molar-refractivity contribution in [3.63, 3.8) is 0 Å². The fourth-order valence-electron chi connectivity index (χ4n) is 1.89. The Bertz CT molecular complexity index is 846. The lowest BCUT2D eigenvalue weighted by molar-refractivity contribution is 0.380. The van der Waals surface area contributed by atoms with Crippen LogP contribution < -0.4 is 5.73 Å². The van der Waals surface area contributed by atoms with Crippen molar-refractivity contribution in [3.05, 3.63) is 35.5 Å². The zero-order valence-corrected chi connectivity index (χ0v) is 13.6. The van der Waals surface area contributed by atoms with Crippen LogP contribution in [0.25, 0.3) is 11.4 Å². The minimum absolute atomic E-state index is 0.145. The number of aryl methyl sites for hydroxylation is 1. The fourth-order valence-corrected chi connectivity index (χ4v) is 2.74. The molecule has 120 valence electrons. The van der Waals surface area contributed by atoms with Crippen LogP contribution in [0.3, 0.4) is 0 Å². The van der Waals surface area contributed by atoms with E-state index in [1.165, 1.54) is 17.8 Å². The number of nitrogens with zero attached hydrogens (tertiary/aromatic N) is 5. The average Bonchev–Trinajstić information content (AvgIpc) is 3.13. The minimum atomic E-state index is -0.300. The topological polar surface area (TPSA) is 95.6 Å². The molecule has 23 heavy (non-hydrogen) atoms. The molecule has 0 saturated heterocycles. The molecule has 9 heteroatoms. The van der Waals surface area contributed by atoms with Gasteiger partial charge in [0.25, 0.3) is 0 Å². The van der Waals surface area contributed by atoms with Crippen LogP contribution in [0.2, 0.25) is 0 Å². The highest BCUT2D eigenvalue weighted by Gasteiger charge is 2.19. The first-order valence-electron chi connectivity index (χ1n) is 6.87. The van der Waals surface area contributed by atoms with Crippen LogP contribution in [0, 0.1) is 12.7 Å². The molecular formula is C14H15FN6OS. The molecule has 2 N–H and O–H groups in total. The van der Waals surface area contributed by atoms with E-state index in [4.69, 9.17) is 10.3 Å². The van der Waals surface area contributed by atoms with Crippen LogP contribution in [0.5, 0.6) is 0 Å². The van der Waals surface area contributed by atoms with Gasteiger partial charge in [-0.15, -0.1) is 10.2 Å². The maximum absolute atomic E-state index is 13.6. The highest BCUT2D eigenvalue weighted by molar-refractivity contribution is 7.99. The number of halogens is 1. The van der Waals surface area contributed by atoms with Crippen molar-refractivity contribution in [2.75, 3.05) is 5.73 Å². The highest BCUT2D eigenvalue weighted by atomic mass is 32.2. The van der Waals surface area contributed by atoms with Gasteiger partial charge in [-0.3, -0.25) is 4.57 Å². The summed E-state index contributed by atoms with van der Waals surface area (Å²) >= 11 is 1.40. The van der Waals surface area contributed by atoms with E-state index in [-0.39, 0.29) is 11.1 Å². The van der Waals surface area contributed by atoms with E-state index >= 15 is 0 Å². The molecule has 0 bridgehead atoms. The first-order chi connectivity index (χ1) is 11.0. The van der Waals surface area contributed by atoms with Crippen molar-refractivity contribution in [3.8, 4) is 11.4 Å². The zero-order valence-electron chi connectivity index (χ0n) is 12.8. The Hall–Kier alpha value is -2.42. The molecule has 2 heterocycles. The molecule has 0 radical (unpaired) electrons. The van der Waals surface area contributed by atoms with Gasteiger partial charge in [0.15, 0.2) is 5.16 Å². The van der Waals surface area contributed by atoms with Crippen molar-refractivity contribution in [2.24, 2.45) is 7.05 Å². The molecule has 0 aliphatic carbocycles. The zero-order chi connectivity index (χ0) is 16.6. The third-order valence-electron chi connectivity index (χ3n) is 3.37. The standard InChI is InChI=1S/C14H15FN6OS/c1-7-4-5-9(6-10(7)15)11-17-12(22-20-11)8(2)23-14-19-18-13(16)21(14)3/h4-6,8H,1-3H3,(H2,16,18)/t8-/m0/s1. The SMILES string of the molecule is Cc1ccc(-c2noc([C@H](C)Sc3nnc(N)n3C)n2)cc1F. The summed E-state index contributed by atoms with van der Waals surface area (Å²) in [6.45, 7) is 3.61. The van der Waals surface area contributed by atoms with Gasteiger partial charge in [-0.05, 0) is 25.5 Å². The quantitative estimate of drug-likeness (QED) is 0.733. The maximum Gasteiger partial charge on any atom is 0.240 e. The molecule has 3 aromatic rings. The Balaban J connectivity index is 1.80. The Labute approximate surface area is 136 Å². The van der Waals surface area contributed by atoms with Gasteiger partial charge in [0.1, 0.15) is 5.82 Å². The number of thioether (sulfide) groups is 1. The lowest BCUT2D eigenvalue weighted by atomic mass is 10.1. The Kier molecular flexibility index (Phi) is 4.03. The summed E-state index contributed by atoms with van der Waals surface area (Å²) in [7, 11) is 1.78. The maximum atomic E-state index is 13.6. The lowest BCUT2D eigenvalue weighted by Crippen LogP contribution is -1.99. The average molecular weight is 334 g/mol. The van der Waals surface area contributed by atoms with Crippen LogP contribution in [0.15, 0.2) is 27.9 Å². The number of nitrogen functional groups attached to an aromatic ring is 1. The van der Waals surface area contributed by atoms with Gasteiger partial charge in [-0.2, -0.15) is 4.98 Å². The van der Waals surface area contributed by atoms with Gasteiger partial charge in [0, 0.05) is 12.6 Å². The third kappa shape index (κ3) is 3.04. The smallest absolute Gasteiger partial charge is 0.240 e. The number of anilines is 1. The minimum Gasteiger partial charge on any atom is -0.368 e. The Morgan fingerprint density at radius 3 is 2.78 bits per heavy atom. The van der Waals surface area contributed by atoms with Crippen LogP contribution in [0.4, 0.5) is 10.3 Å². The largest absolute Gasteiger partial charge is 0.368 e. The third-order valence-corrected chi connectivity index (χ3v) is 4.49. The molecule has 0 aliphatic rings. The second kappa shape index (κ2) is 5.99. The first-order valence-corrected chi connectivity index (χ1v) is 7.75. The van der Waals surface area contributed by atoms with Gasteiger partial charge in [-0.1, -0.05) is 29.1 Å². The fraction of sp³-hybridized carbons (Fsp3) is 0.286. The van der Waals surface area contributed by atoms with E-state index in [1.807, 2.05) is 6.92 Å². The van der Waals surface area contributed by atoms with Crippen LogP contribution in [-0.2, 0) is 7.05 Å². The summed E-state index contributed by atoms with van der Waals surface area (Å²) < 4.78 is 20.6. The molecule has 2 aromatic heterocycles. The molecule has 3 rings (SSSR count). The van der Waals surface area contributed by atoms with E-state index in [0.717, 1.165) is 0 Å². The predicted molar refractivity (Wildman–Crippen MR) is 84.1 cm³/mol. The van der Waals surface area contributed by atoms with E-state index in [9.17, 15) is 4.39 Å². The van der Waals surface area contributed by atoms with Crippen LogP contribution >= 0.6 is 11.8 Å². The molecule has 1 aromatic carbocycles. The predicted octanol–water partition coefficient (Wildman–Crippen LogP) is 2.75. The molecule has 7 nitrogen and oxygen atoms in total. The molecule has 1 atom stereocenters. The van der Waals surface area contributed by atoms with Crippen LogP contribution in [0.1, 0.15) is 23.6 Å². The molecule has 0 saturated carbocycles. The number of aromatic nitrogens is 5. The molecule has 0 fully saturated rings. The Morgan fingerprint density at radius 1 is 1.35 bits per heavy atom. The number of hydrogen-bond acceptors (Lipinski definition) is 7. The summed E-state index contributed by atoms with van der Waals surface area (Å²) in [6.07, 6.45) is 0. The van der Waals surface area contributed by atoms with Crippen molar-refractivity contribution in [1.29, 1.82) is 0 Å². The first kappa shape index (κ1) is 15.5. The molecule has 0 aliphatic heterocycles. The van der Waals surface area contributed by atoms with E-state index in [1.54, 1.807) is 30.7 Å². The second-order valence-electron chi connectivity index (χ2n) is 5.08. The summed E-state index contributed by atoms with van der Waals surface area (Å²) in [6, 6.07) is 4.83. The van der Waals surface area contributed by atoms with E-state index < -0.39 is 0 Å². The van der Waals surface area contributed by atoms with Crippen molar-refractivity contribution in [2.45, 2.75) is 24.3 Å². The molecule has 0 spiro atoms. The Morgan fingerprint density at radius 2 is 2.13 bits per heavy atom. The monoisotopic (exact) mass is 334 g/mol. The van der Waals surface area contributed by atoms with Crippen molar-refractivity contribution in [1.82, 2.24) is 24.9 Å². The van der Waals surface area contributed by atoms with Gasteiger partial charge in [0.05, 0.1) is 5.25 Å². The van der Waals surface area contributed by atoms with Crippen LogP contribution in [-0.4, -0.2) is 24.9 Å². The van der Waals surface area contributed by atoms with Crippen molar-refractivity contribution < 1.29 is 8.91 Å². The van der Waals surface area contributed by atoms with Gasteiger partial charge >= 0.3 is 0 Å². The highest BCUT2D eigenvalue weighted by Crippen LogP contribution is 2.33. The molecular weight excluding hydrogens is 319 g/mol. The van der Waals surface area contributed by atoms with Crippen molar-refractivity contribution >= 4 is 17.7 Å².